The van der Waals surface area contributed by atoms with Crippen molar-refractivity contribution in [2.75, 3.05) is 7.11 Å². The number of hydrogen-bond acceptors (Lipinski definition) is 4. The van der Waals surface area contributed by atoms with Crippen LogP contribution in [0.4, 0.5) is 0 Å². The van der Waals surface area contributed by atoms with E-state index in [1.165, 1.54) is 13.2 Å². The zero-order valence-electron chi connectivity index (χ0n) is 17.9. The molecule has 0 aliphatic rings. The molecule has 0 aromatic heterocycles. The van der Waals surface area contributed by atoms with E-state index in [1.54, 1.807) is 12.1 Å². The summed E-state index contributed by atoms with van der Waals surface area (Å²) < 4.78 is 11.3. The number of aryl methyl sites for hydroxylation is 1. The first-order valence-electron chi connectivity index (χ1n) is 10.00. The van der Waals surface area contributed by atoms with Gasteiger partial charge in [-0.3, -0.25) is 4.79 Å². The zero-order chi connectivity index (χ0) is 22.9. The Kier molecular flexibility index (Phi) is 7.91. The Morgan fingerprint density at radius 1 is 1.09 bits per heavy atom. The molecule has 0 saturated carbocycles. The Labute approximate surface area is 192 Å². The van der Waals surface area contributed by atoms with Crippen molar-refractivity contribution in [3.63, 3.8) is 0 Å². The summed E-state index contributed by atoms with van der Waals surface area (Å²) in [6.45, 7) is 2.67. The van der Waals surface area contributed by atoms with Crippen LogP contribution in [0.5, 0.6) is 11.5 Å². The number of nitriles is 1. The van der Waals surface area contributed by atoms with Crippen molar-refractivity contribution >= 4 is 23.6 Å². The highest BCUT2D eigenvalue weighted by molar-refractivity contribution is 6.32. The van der Waals surface area contributed by atoms with Gasteiger partial charge in [0.25, 0.3) is 5.91 Å². The van der Waals surface area contributed by atoms with Gasteiger partial charge in [-0.05, 0) is 41.8 Å². The number of methoxy groups -OCH3 is 1. The summed E-state index contributed by atoms with van der Waals surface area (Å²) in [6.07, 6.45) is 1.47. The number of nitrogens with one attached hydrogen (secondary N) is 1. The number of carbonyl (C=O) groups excluding carboxylic acids is 1. The molecular weight excluding hydrogens is 424 g/mol. The summed E-state index contributed by atoms with van der Waals surface area (Å²) in [5.41, 5.74) is 3.61. The van der Waals surface area contributed by atoms with Crippen LogP contribution in [0.15, 0.2) is 72.3 Å². The van der Waals surface area contributed by atoms with E-state index in [0.717, 1.165) is 16.7 Å². The average molecular weight is 447 g/mol. The van der Waals surface area contributed by atoms with Crippen LogP contribution < -0.4 is 14.8 Å². The lowest BCUT2D eigenvalue weighted by Crippen LogP contribution is -2.23. The third kappa shape index (κ3) is 6.13. The molecule has 0 unspecified atom stereocenters. The van der Waals surface area contributed by atoms with E-state index in [2.05, 4.69) is 5.32 Å². The van der Waals surface area contributed by atoms with E-state index in [1.807, 2.05) is 67.6 Å². The van der Waals surface area contributed by atoms with Gasteiger partial charge in [-0.2, -0.15) is 5.26 Å². The second-order valence-electron chi connectivity index (χ2n) is 7.15. The smallest absolute Gasteiger partial charge is 0.262 e. The van der Waals surface area contributed by atoms with Gasteiger partial charge in [-0.1, -0.05) is 71.8 Å². The second kappa shape index (κ2) is 11.0. The van der Waals surface area contributed by atoms with Gasteiger partial charge in [0, 0.05) is 6.54 Å². The Morgan fingerprint density at radius 3 is 2.53 bits per heavy atom. The second-order valence-corrected chi connectivity index (χ2v) is 7.56. The van der Waals surface area contributed by atoms with E-state index < -0.39 is 5.91 Å². The van der Waals surface area contributed by atoms with Crippen molar-refractivity contribution in [1.29, 1.82) is 5.26 Å². The van der Waals surface area contributed by atoms with E-state index >= 15 is 0 Å². The Bertz CT molecular complexity index is 1170. The molecule has 0 radical (unpaired) electrons. The average Bonchev–Trinajstić information content (AvgIpc) is 2.80. The Balaban J connectivity index is 1.76. The minimum absolute atomic E-state index is 0.0347. The van der Waals surface area contributed by atoms with Gasteiger partial charge in [-0.25, -0.2) is 0 Å². The van der Waals surface area contributed by atoms with E-state index in [9.17, 15) is 10.1 Å². The Hall–Kier alpha value is -3.75. The molecule has 0 bridgehead atoms. The maximum atomic E-state index is 12.5. The quantitative estimate of drug-likeness (QED) is 0.368. The van der Waals surface area contributed by atoms with E-state index in [0.29, 0.717) is 35.2 Å². The first kappa shape index (κ1) is 22.9. The van der Waals surface area contributed by atoms with Crippen LogP contribution in [-0.2, 0) is 17.9 Å². The summed E-state index contributed by atoms with van der Waals surface area (Å²) in [6, 6.07) is 22.7. The summed E-state index contributed by atoms with van der Waals surface area (Å²) in [7, 11) is 1.51. The number of hydrogen-bond donors (Lipinski definition) is 1. The fourth-order valence-electron chi connectivity index (χ4n) is 3.11. The lowest BCUT2D eigenvalue weighted by Gasteiger charge is -2.14. The summed E-state index contributed by atoms with van der Waals surface area (Å²) >= 11 is 6.44. The van der Waals surface area contributed by atoms with Gasteiger partial charge in [-0.15, -0.1) is 0 Å². The molecule has 0 aliphatic carbocycles. The predicted octanol–water partition coefficient (Wildman–Crippen LogP) is 5.46. The number of nitrogens with zero attached hydrogens (tertiary/aromatic N) is 1. The van der Waals surface area contributed by atoms with Crippen molar-refractivity contribution in [1.82, 2.24) is 5.32 Å². The van der Waals surface area contributed by atoms with Gasteiger partial charge >= 0.3 is 0 Å². The SMILES string of the molecule is COc1cc(/C=C(/C#N)C(=O)NCc2ccccc2)cc(Cl)c1OCc1cccc(C)c1. The molecule has 6 heteroatoms. The van der Waals surface area contributed by atoms with Crippen molar-refractivity contribution < 1.29 is 14.3 Å². The van der Waals surface area contributed by atoms with Crippen molar-refractivity contribution in [3.8, 4) is 17.6 Å². The van der Waals surface area contributed by atoms with Crippen LogP contribution in [0.25, 0.3) is 6.08 Å². The first-order chi connectivity index (χ1) is 15.5. The predicted molar refractivity (Wildman–Crippen MR) is 125 cm³/mol. The number of carbonyl (C=O) groups is 1. The highest BCUT2D eigenvalue weighted by Gasteiger charge is 2.14. The molecule has 3 aromatic carbocycles. The number of halogens is 1. The van der Waals surface area contributed by atoms with Gasteiger partial charge in [0.2, 0.25) is 0 Å². The number of amides is 1. The molecule has 162 valence electrons. The maximum Gasteiger partial charge on any atom is 0.262 e. The molecule has 5 nitrogen and oxygen atoms in total. The van der Waals surface area contributed by atoms with Gasteiger partial charge in [0.1, 0.15) is 18.2 Å². The molecule has 0 aliphatic heterocycles. The monoisotopic (exact) mass is 446 g/mol. The lowest BCUT2D eigenvalue weighted by atomic mass is 10.1. The minimum atomic E-state index is -0.466. The fraction of sp³-hybridized carbons (Fsp3) is 0.154. The van der Waals surface area contributed by atoms with Crippen molar-refractivity contribution in [3.05, 3.63) is 99.6 Å². The van der Waals surface area contributed by atoms with Crippen LogP contribution in [0.2, 0.25) is 5.02 Å². The molecule has 0 fully saturated rings. The summed E-state index contributed by atoms with van der Waals surface area (Å²) in [5.74, 6) is 0.351. The standard InChI is InChI=1S/C26H23ClN2O3/c1-18-7-6-10-20(11-18)17-32-25-23(27)13-21(14-24(25)31-2)12-22(15-28)26(30)29-16-19-8-4-3-5-9-19/h3-14H,16-17H2,1-2H3,(H,29,30)/b22-12-. The fourth-order valence-corrected chi connectivity index (χ4v) is 3.38. The molecule has 0 spiro atoms. The third-order valence-electron chi connectivity index (χ3n) is 4.69. The molecule has 0 atom stereocenters. The van der Waals surface area contributed by atoms with Gasteiger partial charge in [0.15, 0.2) is 11.5 Å². The number of ether oxygens (including phenoxy) is 2. The first-order valence-corrected chi connectivity index (χ1v) is 10.4. The zero-order valence-corrected chi connectivity index (χ0v) is 18.6. The van der Waals surface area contributed by atoms with E-state index in [4.69, 9.17) is 21.1 Å². The maximum absolute atomic E-state index is 12.5. The highest BCUT2D eigenvalue weighted by Crippen LogP contribution is 2.37. The third-order valence-corrected chi connectivity index (χ3v) is 4.97. The van der Waals surface area contributed by atoms with Crippen LogP contribution in [0.1, 0.15) is 22.3 Å². The summed E-state index contributed by atoms with van der Waals surface area (Å²) in [5, 5.41) is 12.5. The highest BCUT2D eigenvalue weighted by atomic mass is 35.5. The Morgan fingerprint density at radius 2 is 1.84 bits per heavy atom. The van der Waals surface area contributed by atoms with E-state index in [-0.39, 0.29) is 5.57 Å². The van der Waals surface area contributed by atoms with Crippen molar-refractivity contribution in [2.24, 2.45) is 0 Å². The van der Waals surface area contributed by atoms with Gasteiger partial charge < -0.3 is 14.8 Å². The molecule has 3 rings (SSSR count). The van der Waals surface area contributed by atoms with Crippen LogP contribution in [0.3, 0.4) is 0 Å². The van der Waals surface area contributed by atoms with Gasteiger partial charge in [0.05, 0.1) is 12.1 Å². The molecule has 32 heavy (non-hydrogen) atoms. The molecular formula is C26H23ClN2O3. The number of benzene rings is 3. The van der Waals surface area contributed by atoms with Crippen molar-refractivity contribution in [2.45, 2.75) is 20.1 Å². The largest absolute Gasteiger partial charge is 0.493 e. The van der Waals surface area contributed by atoms with Crippen LogP contribution in [0, 0.1) is 18.3 Å². The molecule has 3 aromatic rings. The van der Waals surface area contributed by atoms with Crippen LogP contribution in [-0.4, -0.2) is 13.0 Å². The molecule has 0 saturated heterocycles. The normalized spacial score (nSPS) is 10.9. The molecule has 1 amide bonds. The number of rotatable bonds is 8. The molecule has 1 N–H and O–H groups in total. The summed E-state index contributed by atoms with van der Waals surface area (Å²) in [4.78, 5) is 12.5. The minimum Gasteiger partial charge on any atom is -0.493 e. The van der Waals surface area contributed by atoms with Crippen LogP contribution >= 0.6 is 11.6 Å². The topological polar surface area (TPSA) is 71.3 Å². The lowest BCUT2D eigenvalue weighted by molar-refractivity contribution is -0.117. The molecule has 0 heterocycles.